The number of rotatable bonds is 12. The summed E-state index contributed by atoms with van der Waals surface area (Å²) in [6, 6.07) is 0. The highest BCUT2D eigenvalue weighted by Crippen LogP contribution is 2.29. The first-order chi connectivity index (χ1) is 9.58. The van der Waals surface area contributed by atoms with Gasteiger partial charge in [-0.15, -0.1) is 0 Å². The van der Waals surface area contributed by atoms with Crippen molar-refractivity contribution in [3.05, 3.63) is 0 Å². The Balaban J connectivity index is 3.83. The molecule has 0 fully saturated rings. The molecule has 0 aromatic carbocycles. The van der Waals surface area contributed by atoms with Gasteiger partial charge in [-0.1, -0.05) is 40.5 Å². The minimum absolute atomic E-state index is 0.0188. The zero-order chi connectivity index (χ0) is 16.5. The highest BCUT2D eigenvalue weighted by atomic mass is 16.4. The van der Waals surface area contributed by atoms with Gasteiger partial charge >= 0.3 is 5.97 Å². The van der Waals surface area contributed by atoms with Gasteiger partial charge < -0.3 is 15.0 Å². The van der Waals surface area contributed by atoms with Crippen LogP contribution < -0.4 is 0 Å². The molecule has 0 amide bonds. The predicted octanol–water partition coefficient (Wildman–Crippen LogP) is 3.80. The number of carbonyl (C=O) groups excluding carboxylic acids is 1. The third-order valence-electron chi connectivity index (χ3n) is 4.05. The lowest BCUT2D eigenvalue weighted by Gasteiger charge is -2.24. The summed E-state index contributed by atoms with van der Waals surface area (Å²) < 4.78 is 0. The number of aliphatic hydroxyl groups excluding tert-OH is 1. The topological polar surface area (TPSA) is 74.6 Å². The summed E-state index contributed by atoms with van der Waals surface area (Å²) in [5, 5.41) is 18.8. The number of aliphatic hydroxyl groups is 1. The third kappa shape index (κ3) is 11.4. The predicted molar refractivity (Wildman–Crippen MR) is 84.2 cm³/mol. The van der Waals surface area contributed by atoms with Gasteiger partial charge in [0.15, 0.2) is 0 Å². The first kappa shape index (κ1) is 20.1. The zero-order valence-electron chi connectivity index (χ0n) is 14.0. The van der Waals surface area contributed by atoms with E-state index in [0.717, 1.165) is 44.8 Å². The Bertz CT molecular complexity index is 321. The highest BCUT2D eigenvalue weighted by molar-refractivity contribution is 5.67. The Morgan fingerprint density at radius 3 is 1.95 bits per heavy atom. The van der Waals surface area contributed by atoms with Gasteiger partial charge in [-0.25, -0.2) is 0 Å². The Labute approximate surface area is 128 Å². The SMILES string of the molecule is CC(C)(CC=O)CCCC(O)CCCC(C)(C)CC(=O)O. The molecule has 0 aromatic rings. The van der Waals surface area contributed by atoms with Crippen LogP contribution in [0.2, 0.25) is 0 Å². The van der Waals surface area contributed by atoms with E-state index in [1.807, 2.05) is 13.8 Å². The second kappa shape index (κ2) is 9.19. The van der Waals surface area contributed by atoms with E-state index in [-0.39, 0.29) is 23.4 Å². The van der Waals surface area contributed by atoms with Crippen LogP contribution in [0.3, 0.4) is 0 Å². The third-order valence-corrected chi connectivity index (χ3v) is 4.05. The van der Waals surface area contributed by atoms with Gasteiger partial charge in [0.2, 0.25) is 0 Å². The highest BCUT2D eigenvalue weighted by Gasteiger charge is 2.22. The lowest BCUT2D eigenvalue weighted by molar-refractivity contribution is -0.139. The van der Waals surface area contributed by atoms with E-state index in [1.54, 1.807) is 0 Å². The van der Waals surface area contributed by atoms with Crippen LogP contribution in [0.15, 0.2) is 0 Å². The number of aliphatic carboxylic acids is 1. The molecule has 21 heavy (non-hydrogen) atoms. The number of carboxylic acid groups (broad SMARTS) is 1. The van der Waals surface area contributed by atoms with E-state index < -0.39 is 5.97 Å². The molecule has 0 bridgehead atoms. The Hall–Kier alpha value is -0.900. The number of hydrogen-bond donors (Lipinski definition) is 2. The summed E-state index contributed by atoms with van der Waals surface area (Å²) in [5.41, 5.74) is -0.192. The van der Waals surface area contributed by atoms with Crippen molar-refractivity contribution in [2.75, 3.05) is 0 Å². The van der Waals surface area contributed by atoms with Gasteiger partial charge in [0.25, 0.3) is 0 Å². The summed E-state index contributed by atoms with van der Waals surface area (Å²) in [6.45, 7) is 8.05. The molecule has 4 nitrogen and oxygen atoms in total. The minimum Gasteiger partial charge on any atom is -0.481 e. The molecule has 0 spiro atoms. The molecule has 0 rings (SSSR count). The molecule has 0 aliphatic carbocycles. The number of hydrogen-bond acceptors (Lipinski definition) is 3. The van der Waals surface area contributed by atoms with Crippen LogP contribution in [-0.2, 0) is 9.59 Å². The second-order valence-electron chi connectivity index (χ2n) is 7.71. The maximum atomic E-state index is 10.7. The quantitative estimate of drug-likeness (QED) is 0.537. The molecule has 0 aliphatic heterocycles. The Kier molecular flexibility index (Phi) is 8.79. The molecule has 0 saturated carbocycles. The largest absolute Gasteiger partial charge is 0.481 e. The van der Waals surface area contributed by atoms with Crippen LogP contribution in [0.1, 0.15) is 79.1 Å². The summed E-state index contributed by atoms with van der Waals surface area (Å²) >= 11 is 0. The van der Waals surface area contributed by atoms with Crippen molar-refractivity contribution in [2.24, 2.45) is 10.8 Å². The van der Waals surface area contributed by atoms with Crippen LogP contribution in [0, 0.1) is 10.8 Å². The van der Waals surface area contributed by atoms with Crippen LogP contribution in [0.4, 0.5) is 0 Å². The Morgan fingerprint density at radius 2 is 1.52 bits per heavy atom. The monoisotopic (exact) mass is 300 g/mol. The van der Waals surface area contributed by atoms with Crippen LogP contribution in [0.25, 0.3) is 0 Å². The maximum absolute atomic E-state index is 10.7. The number of carboxylic acids is 1. The lowest BCUT2D eigenvalue weighted by Crippen LogP contribution is -2.18. The molecule has 0 heterocycles. The average Bonchev–Trinajstić information content (AvgIpc) is 2.25. The van der Waals surface area contributed by atoms with E-state index in [9.17, 15) is 14.7 Å². The van der Waals surface area contributed by atoms with Crippen LogP contribution >= 0.6 is 0 Å². The minimum atomic E-state index is -0.766. The van der Waals surface area contributed by atoms with Crippen LogP contribution in [0.5, 0.6) is 0 Å². The molecule has 0 radical (unpaired) electrons. The lowest BCUT2D eigenvalue weighted by atomic mass is 9.82. The molecule has 0 aliphatic rings. The first-order valence-corrected chi connectivity index (χ1v) is 7.91. The smallest absolute Gasteiger partial charge is 0.303 e. The average molecular weight is 300 g/mol. The molecule has 0 saturated heterocycles. The molecule has 4 heteroatoms. The van der Waals surface area contributed by atoms with E-state index >= 15 is 0 Å². The summed E-state index contributed by atoms with van der Waals surface area (Å²) in [6.07, 6.45) is 6.35. The Morgan fingerprint density at radius 1 is 1.05 bits per heavy atom. The van der Waals surface area contributed by atoms with Crippen molar-refractivity contribution in [3.63, 3.8) is 0 Å². The summed E-state index contributed by atoms with van der Waals surface area (Å²) in [7, 11) is 0. The number of aldehydes is 1. The standard InChI is InChI=1S/C17H32O4/c1-16(2,11-12-18)9-5-7-14(19)8-6-10-17(3,4)13-15(20)21/h12,14,19H,5-11,13H2,1-4H3,(H,20,21). The van der Waals surface area contributed by atoms with Crippen molar-refractivity contribution in [1.82, 2.24) is 0 Å². The van der Waals surface area contributed by atoms with E-state index in [4.69, 9.17) is 5.11 Å². The van der Waals surface area contributed by atoms with Gasteiger partial charge in [0.05, 0.1) is 12.5 Å². The van der Waals surface area contributed by atoms with E-state index in [2.05, 4.69) is 13.8 Å². The molecular weight excluding hydrogens is 268 g/mol. The van der Waals surface area contributed by atoms with Gasteiger partial charge in [-0.3, -0.25) is 4.79 Å². The van der Waals surface area contributed by atoms with Crippen molar-refractivity contribution in [2.45, 2.75) is 85.2 Å². The fraction of sp³-hybridized carbons (Fsp3) is 0.882. The van der Waals surface area contributed by atoms with Crippen molar-refractivity contribution in [1.29, 1.82) is 0 Å². The van der Waals surface area contributed by atoms with Crippen molar-refractivity contribution >= 4 is 12.3 Å². The molecule has 0 aromatic heterocycles. The van der Waals surface area contributed by atoms with Gasteiger partial charge in [0.1, 0.15) is 6.29 Å². The first-order valence-electron chi connectivity index (χ1n) is 7.91. The van der Waals surface area contributed by atoms with E-state index in [1.165, 1.54) is 0 Å². The summed E-state index contributed by atoms with van der Waals surface area (Å²) in [5.74, 6) is -0.766. The van der Waals surface area contributed by atoms with Crippen molar-refractivity contribution in [3.8, 4) is 0 Å². The molecule has 1 unspecified atom stereocenters. The van der Waals surface area contributed by atoms with Crippen molar-refractivity contribution < 1.29 is 19.8 Å². The fourth-order valence-electron chi connectivity index (χ4n) is 2.60. The molecule has 1 atom stereocenters. The maximum Gasteiger partial charge on any atom is 0.303 e. The van der Waals surface area contributed by atoms with Gasteiger partial charge in [-0.2, -0.15) is 0 Å². The normalized spacial score (nSPS) is 14.0. The van der Waals surface area contributed by atoms with E-state index in [0.29, 0.717) is 6.42 Å². The second-order valence-corrected chi connectivity index (χ2v) is 7.71. The zero-order valence-corrected chi connectivity index (χ0v) is 14.0. The van der Waals surface area contributed by atoms with Gasteiger partial charge in [0, 0.05) is 6.42 Å². The van der Waals surface area contributed by atoms with Crippen LogP contribution in [-0.4, -0.2) is 28.6 Å². The fourth-order valence-corrected chi connectivity index (χ4v) is 2.60. The molecule has 124 valence electrons. The van der Waals surface area contributed by atoms with Gasteiger partial charge in [-0.05, 0) is 36.5 Å². The number of carbonyl (C=O) groups is 2. The summed E-state index contributed by atoms with van der Waals surface area (Å²) in [4.78, 5) is 21.3. The molecular formula is C17H32O4. The molecule has 2 N–H and O–H groups in total.